The molecule has 0 N–H and O–H groups in total. The fourth-order valence-corrected chi connectivity index (χ4v) is 7.53. The van der Waals surface area contributed by atoms with Gasteiger partial charge in [-0.1, -0.05) is 109 Å². The van der Waals surface area contributed by atoms with Gasteiger partial charge in [0.2, 0.25) is 11.6 Å². The molecule has 180 valence electrons. The van der Waals surface area contributed by atoms with Gasteiger partial charge in [-0.05, 0) is 19.1 Å². The zero-order valence-electron chi connectivity index (χ0n) is 19.4. The smallest absolute Gasteiger partial charge is 0.418 e. The number of oxazole rings is 1. The fourth-order valence-electron chi connectivity index (χ4n) is 4.07. The van der Waals surface area contributed by atoms with Crippen LogP contribution in [0.5, 0.6) is 0 Å². The van der Waals surface area contributed by atoms with E-state index in [2.05, 4.69) is 4.98 Å². The Morgan fingerprint density at radius 3 is 1.53 bits per heavy atom. The van der Waals surface area contributed by atoms with Gasteiger partial charge in [-0.25, -0.2) is 9.73 Å². The molecule has 0 unspecified atom stereocenters. The van der Waals surface area contributed by atoms with E-state index in [0.717, 1.165) is 21.5 Å². The van der Waals surface area contributed by atoms with E-state index in [1.807, 2.05) is 97.9 Å². The van der Waals surface area contributed by atoms with Crippen molar-refractivity contribution in [3.8, 4) is 11.5 Å². The number of aromatic nitrogens is 1. The number of alkyl halides is 3. The van der Waals surface area contributed by atoms with Crippen molar-refractivity contribution in [2.75, 3.05) is 0 Å². The van der Waals surface area contributed by atoms with Crippen molar-refractivity contribution in [3.05, 3.63) is 127 Å². The first-order valence-corrected chi connectivity index (χ1v) is 13.1. The topological polar surface area (TPSA) is 38.4 Å². The largest absolute Gasteiger partial charge is 0.438 e. The molecule has 0 bridgehead atoms. The number of hydrogen-bond donors (Lipinski definition) is 0. The van der Waals surface area contributed by atoms with Crippen LogP contribution in [0.25, 0.3) is 11.5 Å². The molecule has 0 saturated heterocycles. The lowest BCUT2D eigenvalue weighted by Gasteiger charge is -2.26. The minimum absolute atomic E-state index is 0.117. The third-order valence-electron chi connectivity index (χ3n) is 5.81. The molecule has 0 aliphatic heterocycles. The Morgan fingerprint density at radius 1 is 0.667 bits per heavy atom. The van der Waals surface area contributed by atoms with Crippen molar-refractivity contribution in [2.24, 2.45) is 4.74 Å². The van der Waals surface area contributed by atoms with Crippen LogP contribution in [0.4, 0.5) is 19.1 Å². The molecule has 4 aromatic carbocycles. The van der Waals surface area contributed by atoms with Crippen LogP contribution in [0.1, 0.15) is 11.3 Å². The van der Waals surface area contributed by atoms with Crippen LogP contribution in [-0.2, 0) is 6.18 Å². The minimum Gasteiger partial charge on any atom is -0.418 e. The molecule has 0 fully saturated rings. The predicted octanol–water partition coefficient (Wildman–Crippen LogP) is 7.48. The monoisotopic (exact) mass is 502 g/mol. The lowest BCUT2D eigenvalue weighted by molar-refractivity contribution is -0.140. The highest BCUT2D eigenvalue weighted by Gasteiger charge is 2.41. The van der Waals surface area contributed by atoms with Crippen LogP contribution in [0.3, 0.4) is 0 Å². The molecule has 5 rings (SSSR count). The van der Waals surface area contributed by atoms with Crippen molar-refractivity contribution in [1.29, 1.82) is 0 Å². The lowest BCUT2D eigenvalue weighted by Crippen LogP contribution is -2.25. The van der Waals surface area contributed by atoms with Crippen LogP contribution in [0, 0.1) is 6.92 Å². The summed E-state index contributed by atoms with van der Waals surface area (Å²) in [6.07, 6.45) is -4.75. The van der Waals surface area contributed by atoms with Crippen molar-refractivity contribution >= 4 is 28.9 Å². The Balaban J connectivity index is 1.88. The summed E-state index contributed by atoms with van der Waals surface area (Å²) >= 11 is 0. The number of nitrogens with zero attached hydrogens (tertiary/aromatic N) is 2. The van der Waals surface area contributed by atoms with Crippen LogP contribution in [0.2, 0.25) is 0 Å². The Hall–Kier alpha value is -3.89. The molecule has 7 heteroatoms. The molecule has 1 aromatic heterocycles. The summed E-state index contributed by atoms with van der Waals surface area (Å²) in [4.78, 5) is 3.88. The second kappa shape index (κ2) is 9.63. The molecule has 0 spiro atoms. The zero-order chi connectivity index (χ0) is 25.2. The Bertz CT molecular complexity index is 1410. The highest BCUT2D eigenvalue weighted by Crippen LogP contribution is 2.52. The van der Waals surface area contributed by atoms with E-state index in [9.17, 15) is 13.2 Å². The van der Waals surface area contributed by atoms with Gasteiger partial charge in [0.1, 0.15) is 0 Å². The number of benzene rings is 4. The summed E-state index contributed by atoms with van der Waals surface area (Å²) in [6.45, 7) is 1.90. The summed E-state index contributed by atoms with van der Waals surface area (Å²) in [5, 5.41) is 2.43. The molecular formula is C29H22F3N2OP. The van der Waals surface area contributed by atoms with Gasteiger partial charge in [0.05, 0.1) is 7.05 Å². The van der Waals surface area contributed by atoms with Gasteiger partial charge >= 0.3 is 6.18 Å². The van der Waals surface area contributed by atoms with E-state index in [0.29, 0.717) is 5.56 Å². The Kier molecular flexibility index (Phi) is 6.38. The summed E-state index contributed by atoms with van der Waals surface area (Å²) in [5.41, 5.74) is 0.300. The third kappa shape index (κ3) is 4.52. The first-order valence-electron chi connectivity index (χ1n) is 11.3. The average molecular weight is 502 g/mol. The van der Waals surface area contributed by atoms with Crippen molar-refractivity contribution < 1.29 is 17.6 Å². The maximum atomic E-state index is 14.3. The summed E-state index contributed by atoms with van der Waals surface area (Å²) in [6, 6.07) is 35.3. The second-order valence-electron chi connectivity index (χ2n) is 8.28. The molecule has 0 amide bonds. The van der Waals surface area contributed by atoms with Crippen LogP contribution in [0.15, 0.2) is 124 Å². The molecule has 0 aliphatic rings. The summed E-state index contributed by atoms with van der Waals surface area (Å²) in [5.74, 6) is -0.642. The lowest BCUT2D eigenvalue weighted by atomic mass is 10.1. The van der Waals surface area contributed by atoms with E-state index in [1.165, 1.54) is 0 Å². The minimum atomic E-state index is -4.75. The van der Waals surface area contributed by atoms with E-state index in [1.54, 1.807) is 24.3 Å². The Morgan fingerprint density at radius 2 is 1.11 bits per heavy atom. The van der Waals surface area contributed by atoms with E-state index in [-0.39, 0.29) is 5.89 Å². The standard InChI is InChI=1S/C29H22F3N2OP/c1-21-17-19-22(20-18-21)27-33-26(29(30,31)32)28(35-27)34-36(23-11-5-2-6-12-23,24-13-7-3-8-14-24)25-15-9-4-10-16-25/h2-20H,1H3. The quantitative estimate of drug-likeness (QED) is 0.234. The second-order valence-corrected chi connectivity index (χ2v) is 11.3. The molecule has 0 saturated carbocycles. The highest BCUT2D eigenvalue weighted by molar-refractivity contribution is 7.87. The van der Waals surface area contributed by atoms with Gasteiger partial charge in [0, 0.05) is 21.5 Å². The molecule has 3 nitrogen and oxygen atoms in total. The van der Waals surface area contributed by atoms with Crippen LogP contribution in [-0.4, -0.2) is 4.98 Å². The van der Waals surface area contributed by atoms with Crippen molar-refractivity contribution in [3.63, 3.8) is 0 Å². The number of rotatable bonds is 5. The number of aryl methyl sites for hydroxylation is 1. The van der Waals surface area contributed by atoms with Gasteiger partial charge in [0.15, 0.2) is 0 Å². The van der Waals surface area contributed by atoms with Crippen molar-refractivity contribution in [1.82, 2.24) is 4.98 Å². The normalized spacial score (nSPS) is 11.9. The maximum absolute atomic E-state index is 14.3. The van der Waals surface area contributed by atoms with Gasteiger partial charge in [-0.15, -0.1) is 0 Å². The molecular weight excluding hydrogens is 480 g/mol. The fraction of sp³-hybridized carbons (Fsp3) is 0.0690. The molecule has 0 radical (unpaired) electrons. The Labute approximate surface area is 207 Å². The van der Waals surface area contributed by atoms with Gasteiger partial charge in [-0.3, -0.25) is 0 Å². The van der Waals surface area contributed by atoms with Crippen molar-refractivity contribution in [2.45, 2.75) is 13.1 Å². The summed E-state index contributed by atoms with van der Waals surface area (Å²) in [7, 11) is -2.97. The first-order chi connectivity index (χ1) is 17.4. The molecule has 0 aliphatic carbocycles. The summed E-state index contributed by atoms with van der Waals surface area (Å²) < 4.78 is 53.5. The maximum Gasteiger partial charge on any atom is 0.438 e. The molecule has 5 aromatic rings. The van der Waals surface area contributed by atoms with Gasteiger partial charge in [-0.2, -0.15) is 13.2 Å². The van der Waals surface area contributed by atoms with Crippen LogP contribution >= 0.6 is 7.05 Å². The van der Waals surface area contributed by atoms with Gasteiger partial charge in [0.25, 0.3) is 5.88 Å². The van der Waals surface area contributed by atoms with Crippen LogP contribution < -0.4 is 15.9 Å². The number of hydrogen-bond acceptors (Lipinski definition) is 3. The molecule has 1 heterocycles. The van der Waals surface area contributed by atoms with E-state index >= 15 is 0 Å². The number of halogens is 3. The first kappa shape index (κ1) is 23.8. The average Bonchev–Trinajstić information content (AvgIpc) is 3.34. The van der Waals surface area contributed by atoms with E-state index in [4.69, 9.17) is 9.16 Å². The molecule has 36 heavy (non-hydrogen) atoms. The third-order valence-corrected chi connectivity index (χ3v) is 9.42. The SMILES string of the molecule is Cc1ccc(-c2nc(C(F)(F)F)c(N=P(c3ccccc3)(c3ccccc3)c3ccccc3)o2)cc1. The van der Waals surface area contributed by atoms with Gasteiger partial charge < -0.3 is 4.42 Å². The molecule has 0 atom stereocenters. The highest BCUT2D eigenvalue weighted by atomic mass is 31.2. The van der Waals surface area contributed by atoms with E-state index < -0.39 is 24.8 Å². The zero-order valence-corrected chi connectivity index (χ0v) is 20.2. The predicted molar refractivity (Wildman–Crippen MR) is 139 cm³/mol.